The molecule has 0 aliphatic rings. The molecule has 88 valence electrons. The summed E-state index contributed by atoms with van der Waals surface area (Å²) in [6.45, 7) is 0.703. The van der Waals surface area contributed by atoms with Gasteiger partial charge in [0.15, 0.2) is 0 Å². The molecule has 0 saturated carbocycles. The fraction of sp³-hybridized carbons (Fsp3) is 0.875. The van der Waals surface area contributed by atoms with Crippen molar-refractivity contribution in [2.75, 3.05) is 6.54 Å². The van der Waals surface area contributed by atoms with E-state index in [1.54, 1.807) is 0 Å². The molecule has 0 heterocycles. The number of nitrogens with two attached hydrogens (primary N) is 2. The lowest BCUT2D eigenvalue weighted by Gasteiger charge is -2.07. The van der Waals surface area contributed by atoms with E-state index in [0.717, 1.165) is 25.7 Å². The molecule has 0 aromatic rings. The average Bonchev–Trinajstić information content (AvgIpc) is 1.97. The van der Waals surface area contributed by atoms with Crippen molar-refractivity contribution in [3.8, 4) is 0 Å². The van der Waals surface area contributed by atoms with E-state index in [4.69, 9.17) is 16.6 Å². The molecule has 1 atom stereocenters. The van der Waals surface area contributed by atoms with Crippen LogP contribution in [-0.2, 0) is 4.79 Å². The van der Waals surface area contributed by atoms with Crippen LogP contribution in [0.15, 0.2) is 0 Å². The van der Waals surface area contributed by atoms with Crippen LogP contribution >= 0.6 is 24.8 Å². The molecule has 0 rings (SSSR count). The first-order valence-corrected chi connectivity index (χ1v) is 4.34. The monoisotopic (exact) mass is 246 g/mol. The fourth-order valence-corrected chi connectivity index (χ4v) is 1.05. The lowest BCUT2D eigenvalue weighted by atomic mass is 10.1. The van der Waals surface area contributed by atoms with Crippen LogP contribution in [0.25, 0.3) is 0 Å². The molecule has 0 amide bonds. The normalized spacial score (nSPS) is 11.0. The van der Waals surface area contributed by atoms with Crippen LogP contribution in [0.1, 0.15) is 32.1 Å². The summed E-state index contributed by atoms with van der Waals surface area (Å²) in [7, 11) is 0. The van der Waals surface area contributed by atoms with Crippen molar-refractivity contribution in [1.82, 2.24) is 0 Å². The first kappa shape index (κ1) is 19.5. The third-order valence-corrected chi connectivity index (χ3v) is 1.72. The second-order valence-electron chi connectivity index (χ2n) is 3.00. The summed E-state index contributed by atoms with van der Waals surface area (Å²) in [6, 6.07) is -0.194. The van der Waals surface area contributed by atoms with E-state index in [0.29, 0.717) is 6.54 Å². The third-order valence-electron chi connectivity index (χ3n) is 1.72. The Kier molecular flexibility index (Phi) is 18.1. The summed E-state index contributed by atoms with van der Waals surface area (Å²) in [5, 5.41) is 8.39. The highest BCUT2D eigenvalue weighted by molar-refractivity contribution is 5.85. The number of carbonyl (C=O) groups is 1. The molecule has 0 saturated heterocycles. The van der Waals surface area contributed by atoms with E-state index in [1.807, 2.05) is 0 Å². The number of aliphatic carboxylic acids is 1. The SMILES string of the molecule is Cl.Cl.NCCCCCC(N)CC(=O)O. The van der Waals surface area contributed by atoms with Crippen molar-refractivity contribution in [3.05, 3.63) is 0 Å². The van der Waals surface area contributed by atoms with Crippen molar-refractivity contribution in [1.29, 1.82) is 0 Å². The Morgan fingerprint density at radius 3 is 2.21 bits per heavy atom. The molecule has 0 aliphatic heterocycles. The zero-order valence-electron chi connectivity index (χ0n) is 8.15. The van der Waals surface area contributed by atoms with Gasteiger partial charge < -0.3 is 16.6 Å². The predicted molar refractivity (Wildman–Crippen MR) is 62.2 cm³/mol. The smallest absolute Gasteiger partial charge is 0.304 e. The summed E-state index contributed by atoms with van der Waals surface area (Å²) in [5.41, 5.74) is 10.8. The van der Waals surface area contributed by atoms with E-state index in [9.17, 15) is 4.79 Å². The molecule has 1 unspecified atom stereocenters. The highest BCUT2D eigenvalue weighted by Gasteiger charge is 2.06. The summed E-state index contributed by atoms with van der Waals surface area (Å²) < 4.78 is 0. The highest BCUT2D eigenvalue weighted by atomic mass is 35.5. The number of halogens is 2. The molecular weight excluding hydrogens is 227 g/mol. The van der Waals surface area contributed by atoms with Gasteiger partial charge in [-0.1, -0.05) is 12.8 Å². The Labute approximate surface area is 97.2 Å². The van der Waals surface area contributed by atoms with Gasteiger partial charge in [-0.05, 0) is 19.4 Å². The molecule has 0 aromatic carbocycles. The van der Waals surface area contributed by atoms with E-state index in [-0.39, 0.29) is 37.3 Å². The Morgan fingerprint density at radius 2 is 1.79 bits per heavy atom. The number of carboxylic acid groups (broad SMARTS) is 1. The molecule has 4 nitrogen and oxygen atoms in total. The zero-order chi connectivity index (χ0) is 9.40. The molecule has 14 heavy (non-hydrogen) atoms. The first-order chi connectivity index (χ1) is 5.66. The largest absolute Gasteiger partial charge is 0.481 e. The van der Waals surface area contributed by atoms with Crippen LogP contribution in [0.5, 0.6) is 0 Å². The minimum absolute atomic E-state index is 0. The molecule has 5 N–H and O–H groups in total. The lowest BCUT2D eigenvalue weighted by Crippen LogP contribution is -2.23. The quantitative estimate of drug-likeness (QED) is 0.589. The number of carboxylic acids is 1. The van der Waals surface area contributed by atoms with Crippen LogP contribution < -0.4 is 11.5 Å². The van der Waals surface area contributed by atoms with Crippen molar-refractivity contribution in [2.24, 2.45) is 11.5 Å². The number of rotatable bonds is 7. The lowest BCUT2D eigenvalue weighted by molar-refractivity contribution is -0.137. The molecule has 6 heteroatoms. The molecular formula is C8H20Cl2N2O2. The van der Waals surface area contributed by atoms with Crippen LogP contribution in [0.3, 0.4) is 0 Å². The van der Waals surface area contributed by atoms with Gasteiger partial charge in [-0.3, -0.25) is 4.79 Å². The van der Waals surface area contributed by atoms with Crippen molar-refractivity contribution in [3.63, 3.8) is 0 Å². The van der Waals surface area contributed by atoms with Gasteiger partial charge in [0.05, 0.1) is 6.42 Å². The minimum Gasteiger partial charge on any atom is -0.481 e. The standard InChI is InChI=1S/C8H18N2O2.2ClH/c9-5-3-1-2-4-7(10)6-8(11)12;;/h7H,1-6,9-10H2,(H,11,12);2*1H. The van der Waals surface area contributed by atoms with Gasteiger partial charge in [0.2, 0.25) is 0 Å². The van der Waals surface area contributed by atoms with E-state index >= 15 is 0 Å². The topological polar surface area (TPSA) is 89.3 Å². The van der Waals surface area contributed by atoms with Gasteiger partial charge in [-0.2, -0.15) is 0 Å². The summed E-state index contributed by atoms with van der Waals surface area (Å²) in [6.07, 6.45) is 3.88. The summed E-state index contributed by atoms with van der Waals surface area (Å²) >= 11 is 0. The molecule has 0 aromatic heterocycles. The van der Waals surface area contributed by atoms with Gasteiger partial charge in [0, 0.05) is 6.04 Å². The predicted octanol–water partition coefficient (Wildman–Crippen LogP) is 1.15. The minimum atomic E-state index is -0.818. The summed E-state index contributed by atoms with van der Waals surface area (Å²) in [4.78, 5) is 10.2. The molecule has 0 aliphatic carbocycles. The highest BCUT2D eigenvalue weighted by Crippen LogP contribution is 2.03. The molecule has 0 bridgehead atoms. The van der Waals surface area contributed by atoms with Gasteiger partial charge in [0.1, 0.15) is 0 Å². The van der Waals surface area contributed by atoms with E-state index in [2.05, 4.69) is 0 Å². The van der Waals surface area contributed by atoms with Gasteiger partial charge in [-0.25, -0.2) is 0 Å². The van der Waals surface area contributed by atoms with Crippen LogP contribution in [0, 0.1) is 0 Å². The Bertz CT molecular complexity index is 137. The average molecular weight is 247 g/mol. The summed E-state index contributed by atoms with van der Waals surface area (Å²) in [5.74, 6) is -0.818. The first-order valence-electron chi connectivity index (χ1n) is 4.34. The van der Waals surface area contributed by atoms with E-state index in [1.165, 1.54) is 0 Å². The Balaban J connectivity index is -0.000000605. The Morgan fingerprint density at radius 1 is 1.21 bits per heavy atom. The Hall–Kier alpha value is -0.0300. The maximum Gasteiger partial charge on any atom is 0.304 e. The maximum atomic E-state index is 10.2. The van der Waals surface area contributed by atoms with Crippen molar-refractivity contribution >= 4 is 30.8 Å². The van der Waals surface area contributed by atoms with Crippen molar-refractivity contribution < 1.29 is 9.90 Å². The van der Waals surface area contributed by atoms with Crippen LogP contribution in [0.4, 0.5) is 0 Å². The molecule has 0 fully saturated rings. The number of hydrogen-bond donors (Lipinski definition) is 3. The third kappa shape index (κ3) is 14.5. The second kappa shape index (κ2) is 13.0. The van der Waals surface area contributed by atoms with Gasteiger partial charge >= 0.3 is 5.97 Å². The number of hydrogen-bond acceptors (Lipinski definition) is 3. The van der Waals surface area contributed by atoms with Crippen LogP contribution in [0.2, 0.25) is 0 Å². The van der Waals surface area contributed by atoms with Crippen LogP contribution in [-0.4, -0.2) is 23.7 Å². The van der Waals surface area contributed by atoms with Gasteiger partial charge in [0.25, 0.3) is 0 Å². The molecule has 0 spiro atoms. The number of unbranched alkanes of at least 4 members (excludes halogenated alkanes) is 2. The maximum absolute atomic E-state index is 10.2. The second-order valence-corrected chi connectivity index (χ2v) is 3.00. The molecule has 0 radical (unpaired) electrons. The van der Waals surface area contributed by atoms with Crippen molar-refractivity contribution in [2.45, 2.75) is 38.1 Å². The van der Waals surface area contributed by atoms with E-state index < -0.39 is 5.97 Å². The van der Waals surface area contributed by atoms with Gasteiger partial charge in [-0.15, -0.1) is 24.8 Å². The fourth-order valence-electron chi connectivity index (χ4n) is 1.05. The zero-order valence-corrected chi connectivity index (χ0v) is 9.78.